The molecule has 32 heavy (non-hydrogen) atoms. The number of benzene rings is 1. The van der Waals surface area contributed by atoms with E-state index in [0.717, 1.165) is 11.6 Å². The first-order valence-corrected chi connectivity index (χ1v) is 10.7. The van der Waals surface area contributed by atoms with Gasteiger partial charge in [-0.1, -0.05) is 29.4 Å². The lowest BCUT2D eigenvalue weighted by Gasteiger charge is -2.34. The first-order valence-electron chi connectivity index (χ1n) is 9.56. The molecule has 1 aliphatic carbocycles. The topological polar surface area (TPSA) is 98.3 Å². The van der Waals surface area contributed by atoms with E-state index in [9.17, 15) is 4.39 Å². The van der Waals surface area contributed by atoms with Gasteiger partial charge in [0, 0.05) is 30.6 Å². The maximum atomic E-state index is 15.0. The molecule has 164 valence electrons. The molecule has 1 aromatic carbocycles. The predicted molar refractivity (Wildman–Crippen MR) is 121 cm³/mol. The summed E-state index contributed by atoms with van der Waals surface area (Å²) in [6.07, 6.45) is 4.73. The van der Waals surface area contributed by atoms with E-state index in [1.807, 2.05) is 6.08 Å². The van der Waals surface area contributed by atoms with Crippen molar-refractivity contribution in [1.29, 1.82) is 0 Å². The quantitative estimate of drug-likeness (QED) is 0.532. The summed E-state index contributed by atoms with van der Waals surface area (Å²) in [5.74, 6) is -1.68. The molecule has 11 heteroatoms. The van der Waals surface area contributed by atoms with Gasteiger partial charge in [-0.15, -0.1) is 0 Å². The normalized spacial score (nSPS) is 24.0. The van der Waals surface area contributed by atoms with E-state index in [2.05, 4.69) is 25.3 Å². The molecule has 7 nitrogen and oxygen atoms in total. The summed E-state index contributed by atoms with van der Waals surface area (Å²) in [6.45, 7) is 2.08. The molecule has 0 radical (unpaired) electrons. The van der Waals surface area contributed by atoms with Crippen molar-refractivity contribution in [1.82, 2.24) is 15.0 Å². The van der Waals surface area contributed by atoms with Gasteiger partial charge in [0.25, 0.3) is 0 Å². The van der Waals surface area contributed by atoms with Gasteiger partial charge >= 0.3 is 0 Å². The van der Waals surface area contributed by atoms with Crippen molar-refractivity contribution >= 4 is 51.1 Å². The number of nitrogens with two attached hydrogens (primary N) is 1. The fourth-order valence-electron chi connectivity index (χ4n) is 4.06. The molecule has 2 atom stereocenters. The van der Waals surface area contributed by atoms with Crippen LogP contribution in [0.5, 0.6) is 0 Å². The third kappa shape index (κ3) is 3.30. The molecular weight excluding hydrogens is 458 g/mol. The maximum absolute atomic E-state index is 15.0. The smallest absolute Gasteiger partial charge is 0.164 e. The number of hydrogen-bond donors (Lipinski definition) is 2. The zero-order valence-corrected chi connectivity index (χ0v) is 18.6. The third-order valence-corrected chi connectivity index (χ3v) is 6.84. The highest BCUT2D eigenvalue weighted by molar-refractivity contribution is 8.15. The van der Waals surface area contributed by atoms with Gasteiger partial charge in [-0.25, -0.2) is 28.7 Å². The lowest BCUT2D eigenvalue weighted by molar-refractivity contribution is 0.196. The van der Waals surface area contributed by atoms with Gasteiger partial charge < -0.3 is 15.8 Å². The van der Waals surface area contributed by atoms with Crippen LogP contribution in [-0.2, 0) is 10.3 Å². The molecule has 0 bridgehead atoms. The molecule has 0 unspecified atom stereocenters. The fourth-order valence-corrected chi connectivity index (χ4v) is 5.47. The number of halogens is 3. The van der Waals surface area contributed by atoms with Crippen molar-refractivity contribution in [3.8, 4) is 0 Å². The highest BCUT2D eigenvalue weighted by atomic mass is 35.5. The summed E-state index contributed by atoms with van der Waals surface area (Å²) in [4.78, 5) is 17.1. The van der Waals surface area contributed by atoms with Crippen LogP contribution in [0.4, 0.5) is 20.3 Å². The van der Waals surface area contributed by atoms with Crippen molar-refractivity contribution in [3.05, 3.63) is 64.6 Å². The number of hydrogen-bond acceptors (Lipinski definition) is 8. The molecular formula is C21H17ClF2N6OS. The molecule has 0 amide bonds. The van der Waals surface area contributed by atoms with Crippen LogP contribution in [0.15, 0.2) is 47.4 Å². The average molecular weight is 475 g/mol. The molecule has 3 heterocycles. The monoisotopic (exact) mass is 474 g/mol. The number of aliphatic imine (C=N–C) groups is 1. The lowest BCUT2D eigenvalue weighted by Crippen LogP contribution is -2.37. The van der Waals surface area contributed by atoms with Gasteiger partial charge in [-0.3, -0.25) is 0 Å². The van der Waals surface area contributed by atoms with Crippen molar-refractivity contribution in [2.45, 2.75) is 17.2 Å². The SMILES string of the molecule is COC[C@]12C=C1[C@@](C)(c1cc(Nc3ncnc4cc(Cl)cnc34)cc(F)c1F)N=C(N)S2. The van der Waals surface area contributed by atoms with Crippen LogP contribution in [0.3, 0.4) is 0 Å². The Morgan fingerprint density at radius 1 is 1.22 bits per heavy atom. The largest absolute Gasteiger partial charge is 0.383 e. The van der Waals surface area contributed by atoms with Crippen molar-refractivity contribution in [3.63, 3.8) is 0 Å². The maximum Gasteiger partial charge on any atom is 0.164 e. The number of nitrogens with zero attached hydrogens (tertiary/aromatic N) is 4. The lowest BCUT2D eigenvalue weighted by atomic mass is 9.86. The van der Waals surface area contributed by atoms with E-state index >= 15 is 4.39 Å². The van der Waals surface area contributed by atoms with E-state index in [1.54, 1.807) is 20.1 Å². The number of amidine groups is 1. The van der Waals surface area contributed by atoms with Crippen LogP contribution >= 0.6 is 23.4 Å². The molecule has 5 rings (SSSR count). The van der Waals surface area contributed by atoms with Gasteiger partial charge in [-0.2, -0.15) is 0 Å². The van der Waals surface area contributed by atoms with Gasteiger partial charge in [0.15, 0.2) is 22.6 Å². The van der Waals surface area contributed by atoms with Gasteiger partial charge in [0.1, 0.15) is 17.4 Å². The minimum Gasteiger partial charge on any atom is -0.383 e. The molecule has 2 aromatic heterocycles. The van der Waals surface area contributed by atoms with Crippen molar-refractivity contribution in [2.75, 3.05) is 19.0 Å². The molecule has 0 saturated carbocycles. The van der Waals surface area contributed by atoms with E-state index < -0.39 is 21.9 Å². The van der Waals surface area contributed by atoms with E-state index in [1.165, 1.54) is 30.4 Å². The highest BCUT2D eigenvalue weighted by Gasteiger charge is 2.58. The second-order valence-electron chi connectivity index (χ2n) is 7.69. The number of nitrogens with one attached hydrogen (secondary N) is 1. The average Bonchev–Trinajstić information content (AvgIpc) is 3.45. The Hall–Kier alpha value is -2.82. The number of ether oxygens (including phenoxy) is 1. The van der Waals surface area contributed by atoms with Gasteiger partial charge in [0.05, 0.1) is 21.9 Å². The molecule has 2 aliphatic rings. The molecule has 0 spiro atoms. The van der Waals surface area contributed by atoms with Gasteiger partial charge in [-0.05, 0) is 24.6 Å². The Bertz CT molecular complexity index is 1340. The van der Waals surface area contributed by atoms with Crippen LogP contribution in [-0.4, -0.2) is 38.6 Å². The summed E-state index contributed by atoms with van der Waals surface area (Å²) in [5, 5.41) is 3.72. The first kappa shape index (κ1) is 21.0. The first-order chi connectivity index (χ1) is 15.3. The molecule has 3 N–H and O–H groups in total. The number of aromatic nitrogens is 3. The molecule has 3 aromatic rings. The Balaban J connectivity index is 1.58. The summed E-state index contributed by atoms with van der Waals surface area (Å²) < 4.78 is 34.6. The number of rotatable bonds is 5. The summed E-state index contributed by atoms with van der Waals surface area (Å²) in [5.41, 5.74) is 7.00. The van der Waals surface area contributed by atoms with Crippen LogP contribution in [0.1, 0.15) is 12.5 Å². The third-order valence-electron chi connectivity index (χ3n) is 5.51. The Morgan fingerprint density at radius 3 is 2.81 bits per heavy atom. The van der Waals surface area contributed by atoms with Crippen LogP contribution in [0.25, 0.3) is 11.0 Å². The molecule has 1 aliphatic heterocycles. The Kier molecular flexibility index (Phi) is 4.84. The number of fused-ring (bicyclic) bond motifs is 2. The van der Waals surface area contributed by atoms with Gasteiger partial charge in [0.2, 0.25) is 0 Å². The van der Waals surface area contributed by atoms with E-state index in [4.69, 9.17) is 22.1 Å². The minimum absolute atomic E-state index is 0.0573. The number of methoxy groups -OCH3 is 1. The summed E-state index contributed by atoms with van der Waals surface area (Å²) in [6, 6.07) is 4.20. The predicted octanol–water partition coefficient (Wildman–Crippen LogP) is 4.30. The molecule has 0 fully saturated rings. The zero-order valence-electron chi connectivity index (χ0n) is 17.0. The van der Waals surface area contributed by atoms with E-state index in [0.29, 0.717) is 28.5 Å². The van der Waals surface area contributed by atoms with Crippen LogP contribution in [0, 0.1) is 11.6 Å². The number of pyridine rings is 1. The second kappa shape index (κ2) is 7.36. The molecule has 0 saturated heterocycles. The minimum atomic E-state index is -1.17. The number of anilines is 2. The van der Waals surface area contributed by atoms with Crippen molar-refractivity contribution < 1.29 is 13.5 Å². The standard InChI is InChI=1S/C21H17ClF2N6OS/c1-20(15-6-21(15,8-31-2)32-19(25)30-20)12-4-11(5-13(23)16(12)24)29-18-17-14(27-9-28-18)3-10(22)7-26-17/h3-7,9H,8H2,1-2H3,(H2,25,30)(H,27,28,29)/t20-,21-/m1/s1. The summed E-state index contributed by atoms with van der Waals surface area (Å²) >= 11 is 7.33. The van der Waals surface area contributed by atoms with Crippen LogP contribution < -0.4 is 11.1 Å². The summed E-state index contributed by atoms with van der Waals surface area (Å²) in [7, 11) is 1.58. The zero-order chi connectivity index (χ0) is 22.7. The highest BCUT2D eigenvalue weighted by Crippen LogP contribution is 2.60. The number of thioether (sulfide) groups is 1. The Labute approximate surface area is 191 Å². The Morgan fingerprint density at radius 2 is 2.03 bits per heavy atom. The van der Waals surface area contributed by atoms with Crippen LogP contribution in [0.2, 0.25) is 5.02 Å². The van der Waals surface area contributed by atoms with Crippen molar-refractivity contribution in [2.24, 2.45) is 10.7 Å². The van der Waals surface area contributed by atoms with E-state index in [-0.39, 0.29) is 16.4 Å². The fraction of sp³-hybridized carbons (Fsp3) is 0.238. The second-order valence-corrected chi connectivity index (χ2v) is 9.48.